The number of piperidine rings is 1. The van der Waals surface area contributed by atoms with Crippen LogP contribution in [0.15, 0.2) is 11.6 Å². The minimum absolute atomic E-state index is 0.0170. The largest absolute Gasteiger partial charge is 0.342 e. The lowest BCUT2D eigenvalue weighted by molar-refractivity contribution is -0.137. The van der Waals surface area contributed by atoms with Gasteiger partial charge in [0.15, 0.2) is 0 Å². The van der Waals surface area contributed by atoms with Crippen LogP contribution in [0.1, 0.15) is 57.0 Å². The number of hydrogen-bond donors (Lipinski definition) is 0. The molecule has 1 aliphatic heterocycles. The average Bonchev–Trinajstić information content (AvgIpc) is 3.25. The summed E-state index contributed by atoms with van der Waals surface area (Å²) >= 11 is 1.76. The minimum Gasteiger partial charge on any atom is -0.342 e. The predicted octanol–water partition coefficient (Wildman–Crippen LogP) is 3.77. The van der Waals surface area contributed by atoms with E-state index >= 15 is 0 Å². The molecule has 124 valence electrons. The Morgan fingerprint density at radius 1 is 1.35 bits per heavy atom. The van der Waals surface area contributed by atoms with Gasteiger partial charge < -0.3 is 4.90 Å². The summed E-state index contributed by atoms with van der Waals surface area (Å²) in [6.07, 6.45) is 8.91. The van der Waals surface area contributed by atoms with Crippen LogP contribution in [-0.2, 0) is 10.2 Å². The van der Waals surface area contributed by atoms with Gasteiger partial charge in [0.25, 0.3) is 0 Å². The topological polar surface area (TPSA) is 37.6 Å². The molecule has 0 unspecified atom stereocenters. The fourth-order valence-electron chi connectivity index (χ4n) is 4.41. The van der Waals surface area contributed by atoms with Gasteiger partial charge in [-0.2, -0.15) is 0 Å². The van der Waals surface area contributed by atoms with Crippen molar-refractivity contribution in [2.45, 2.75) is 57.8 Å². The van der Waals surface area contributed by atoms with Crippen molar-refractivity contribution in [1.82, 2.24) is 14.3 Å². The Morgan fingerprint density at radius 3 is 2.91 bits per heavy atom. The van der Waals surface area contributed by atoms with Crippen molar-refractivity contribution in [3.05, 3.63) is 23.1 Å². The number of likely N-dealkylation sites (tertiary alicyclic amines) is 1. The summed E-state index contributed by atoms with van der Waals surface area (Å²) in [7, 11) is 0. The number of aromatic nitrogens is 2. The number of carbonyl (C=O) groups excluding carboxylic acids is 1. The number of fused-ring (bicyclic) bond motifs is 1. The van der Waals surface area contributed by atoms with Crippen LogP contribution in [0.2, 0.25) is 0 Å². The second-order valence-corrected chi connectivity index (χ2v) is 8.39. The molecule has 0 N–H and O–H groups in total. The minimum atomic E-state index is -0.0170. The number of thiazole rings is 1. The summed E-state index contributed by atoms with van der Waals surface area (Å²) < 4.78 is 2.18. The third-order valence-electron chi connectivity index (χ3n) is 5.72. The van der Waals surface area contributed by atoms with Crippen molar-refractivity contribution in [3.63, 3.8) is 0 Å². The number of hydrogen-bond acceptors (Lipinski definition) is 3. The Kier molecular flexibility index (Phi) is 3.71. The van der Waals surface area contributed by atoms with Crippen LogP contribution in [-0.4, -0.2) is 33.3 Å². The first-order valence-corrected chi connectivity index (χ1v) is 9.68. The van der Waals surface area contributed by atoms with E-state index in [-0.39, 0.29) is 11.3 Å². The molecule has 2 aromatic rings. The monoisotopic (exact) mass is 331 g/mol. The molecule has 0 spiro atoms. The Morgan fingerprint density at radius 2 is 2.13 bits per heavy atom. The van der Waals surface area contributed by atoms with Gasteiger partial charge in [0.2, 0.25) is 5.91 Å². The maximum absolute atomic E-state index is 12.8. The molecule has 2 aromatic heterocycles. The number of aryl methyl sites for hydroxylation is 1. The highest BCUT2D eigenvalue weighted by atomic mass is 32.1. The van der Waals surface area contributed by atoms with Gasteiger partial charge in [0.1, 0.15) is 10.7 Å². The van der Waals surface area contributed by atoms with E-state index in [1.54, 1.807) is 11.3 Å². The van der Waals surface area contributed by atoms with Gasteiger partial charge in [-0.15, -0.1) is 11.3 Å². The van der Waals surface area contributed by atoms with Gasteiger partial charge in [0, 0.05) is 36.0 Å². The van der Waals surface area contributed by atoms with E-state index in [9.17, 15) is 4.79 Å². The Hall–Kier alpha value is -1.36. The Labute approximate surface area is 141 Å². The standard InChI is InChI=1S/C18H25N3OS/c1-13-19-15(17-21(13)10-11-23-17)18(2)8-5-9-20(12-18)16(22)14-6-3-4-7-14/h10-11,14H,3-9,12H2,1-2H3/t18-/m1/s1. The molecule has 1 atom stereocenters. The zero-order valence-corrected chi connectivity index (χ0v) is 14.9. The molecule has 4 nitrogen and oxygen atoms in total. The van der Waals surface area contributed by atoms with Crippen molar-refractivity contribution >= 4 is 22.1 Å². The summed E-state index contributed by atoms with van der Waals surface area (Å²) in [6.45, 7) is 6.11. The van der Waals surface area contributed by atoms with E-state index in [0.717, 1.165) is 44.6 Å². The number of imidazole rings is 1. The second kappa shape index (κ2) is 5.62. The molecule has 1 aliphatic carbocycles. The van der Waals surface area contributed by atoms with Crippen molar-refractivity contribution in [2.75, 3.05) is 13.1 Å². The van der Waals surface area contributed by atoms with Gasteiger partial charge in [-0.1, -0.05) is 19.8 Å². The van der Waals surface area contributed by atoms with Crippen LogP contribution in [0.4, 0.5) is 0 Å². The number of nitrogens with zero attached hydrogens (tertiary/aromatic N) is 3. The highest BCUT2D eigenvalue weighted by Crippen LogP contribution is 2.38. The summed E-state index contributed by atoms with van der Waals surface area (Å²) in [4.78, 5) is 21.1. The smallest absolute Gasteiger partial charge is 0.225 e. The van der Waals surface area contributed by atoms with E-state index in [1.165, 1.54) is 23.4 Å². The van der Waals surface area contributed by atoms with Crippen LogP contribution < -0.4 is 0 Å². The molecule has 2 aliphatic rings. The first-order valence-electron chi connectivity index (χ1n) is 8.80. The van der Waals surface area contributed by atoms with Crippen molar-refractivity contribution in [2.24, 2.45) is 5.92 Å². The summed E-state index contributed by atoms with van der Waals surface area (Å²) in [5, 5.41) is 2.13. The maximum Gasteiger partial charge on any atom is 0.225 e. The normalized spacial score (nSPS) is 26.3. The lowest BCUT2D eigenvalue weighted by Gasteiger charge is -2.40. The first kappa shape index (κ1) is 15.2. The fraction of sp³-hybridized carbons (Fsp3) is 0.667. The average molecular weight is 331 g/mol. The van der Waals surface area contributed by atoms with Crippen LogP contribution in [0.3, 0.4) is 0 Å². The lowest BCUT2D eigenvalue weighted by Crippen LogP contribution is -2.48. The molecule has 1 amide bonds. The van der Waals surface area contributed by atoms with E-state index in [2.05, 4.69) is 34.7 Å². The summed E-state index contributed by atoms with van der Waals surface area (Å²) in [5.74, 6) is 1.73. The fourth-order valence-corrected chi connectivity index (χ4v) is 5.44. The molecule has 0 aromatic carbocycles. The Balaban J connectivity index is 1.62. The zero-order chi connectivity index (χ0) is 16.0. The quantitative estimate of drug-likeness (QED) is 0.840. The van der Waals surface area contributed by atoms with Gasteiger partial charge in [-0.3, -0.25) is 9.20 Å². The van der Waals surface area contributed by atoms with Crippen LogP contribution in [0.5, 0.6) is 0 Å². The van der Waals surface area contributed by atoms with Crippen molar-refractivity contribution in [3.8, 4) is 0 Å². The van der Waals surface area contributed by atoms with Gasteiger partial charge in [-0.05, 0) is 32.6 Å². The number of rotatable bonds is 2. The molecule has 0 radical (unpaired) electrons. The Bertz CT molecular complexity index is 728. The first-order chi connectivity index (χ1) is 11.1. The molecular formula is C18H25N3OS. The molecule has 2 fully saturated rings. The van der Waals surface area contributed by atoms with Crippen LogP contribution >= 0.6 is 11.3 Å². The van der Waals surface area contributed by atoms with Gasteiger partial charge in [0.05, 0.1) is 5.69 Å². The number of amides is 1. The highest BCUT2D eigenvalue weighted by Gasteiger charge is 2.39. The second-order valence-electron chi connectivity index (χ2n) is 7.49. The molecular weight excluding hydrogens is 306 g/mol. The summed E-state index contributed by atoms with van der Waals surface area (Å²) in [5.41, 5.74) is 1.17. The van der Waals surface area contributed by atoms with E-state index in [1.807, 2.05) is 0 Å². The number of carbonyl (C=O) groups is 1. The predicted molar refractivity (Wildman–Crippen MR) is 92.9 cm³/mol. The maximum atomic E-state index is 12.8. The molecule has 4 rings (SSSR count). The van der Waals surface area contributed by atoms with E-state index in [4.69, 9.17) is 4.98 Å². The lowest BCUT2D eigenvalue weighted by atomic mass is 9.79. The zero-order valence-electron chi connectivity index (χ0n) is 14.0. The molecule has 5 heteroatoms. The molecule has 1 saturated carbocycles. The van der Waals surface area contributed by atoms with Gasteiger partial charge >= 0.3 is 0 Å². The van der Waals surface area contributed by atoms with Crippen LogP contribution in [0, 0.1) is 12.8 Å². The molecule has 23 heavy (non-hydrogen) atoms. The summed E-state index contributed by atoms with van der Waals surface area (Å²) in [6, 6.07) is 0. The third-order valence-corrected chi connectivity index (χ3v) is 6.59. The van der Waals surface area contributed by atoms with Crippen molar-refractivity contribution < 1.29 is 4.79 Å². The van der Waals surface area contributed by atoms with E-state index in [0.29, 0.717) is 5.91 Å². The third kappa shape index (κ3) is 2.49. The van der Waals surface area contributed by atoms with E-state index < -0.39 is 0 Å². The van der Waals surface area contributed by atoms with Crippen molar-refractivity contribution in [1.29, 1.82) is 0 Å². The molecule has 0 bridgehead atoms. The highest BCUT2D eigenvalue weighted by molar-refractivity contribution is 7.15. The molecule has 1 saturated heterocycles. The van der Waals surface area contributed by atoms with Crippen LogP contribution in [0.25, 0.3) is 4.83 Å². The SMILES string of the molecule is Cc1nc([C@]2(C)CCCN(C(=O)C3CCCC3)C2)c2sccn12. The molecule has 3 heterocycles. The van der Waals surface area contributed by atoms with Gasteiger partial charge in [-0.25, -0.2) is 4.98 Å².